The van der Waals surface area contributed by atoms with Gasteiger partial charge in [0.15, 0.2) is 0 Å². The first-order valence-corrected chi connectivity index (χ1v) is 6.54. The Bertz CT molecular complexity index is 563. The van der Waals surface area contributed by atoms with E-state index in [1.54, 1.807) is 18.2 Å². The Morgan fingerprint density at radius 1 is 1.00 bits per heavy atom. The zero-order valence-corrected chi connectivity index (χ0v) is 11.4. The molecule has 0 aliphatic rings. The summed E-state index contributed by atoms with van der Waals surface area (Å²) in [5.41, 5.74) is 4.04. The van der Waals surface area contributed by atoms with Crippen LogP contribution < -0.4 is 0 Å². The number of aliphatic hydroxyl groups is 1. The van der Waals surface area contributed by atoms with Crippen molar-refractivity contribution in [1.82, 2.24) is 0 Å². The van der Waals surface area contributed by atoms with Crippen LogP contribution in [0.15, 0.2) is 42.5 Å². The van der Waals surface area contributed by atoms with Crippen molar-refractivity contribution < 1.29 is 9.50 Å². The lowest BCUT2D eigenvalue weighted by molar-refractivity contribution is 0.174. The maximum Gasteiger partial charge on any atom is 0.126 e. The second kappa shape index (κ2) is 5.98. The molecule has 0 fully saturated rings. The molecule has 2 aromatic rings. The van der Waals surface area contributed by atoms with Crippen molar-refractivity contribution in [2.24, 2.45) is 0 Å². The highest BCUT2D eigenvalue weighted by Crippen LogP contribution is 2.16. The molecule has 0 aliphatic heterocycles. The monoisotopic (exact) mass is 258 g/mol. The minimum absolute atomic E-state index is 0.248. The van der Waals surface area contributed by atoms with E-state index in [2.05, 4.69) is 18.2 Å². The van der Waals surface area contributed by atoms with Gasteiger partial charge in [-0.2, -0.15) is 0 Å². The fraction of sp³-hybridized carbons (Fsp3) is 0.294. The molecule has 2 rings (SSSR count). The quantitative estimate of drug-likeness (QED) is 0.888. The van der Waals surface area contributed by atoms with Crippen molar-refractivity contribution in [2.75, 3.05) is 0 Å². The molecule has 0 aromatic heterocycles. The van der Waals surface area contributed by atoms with Gasteiger partial charge in [0, 0.05) is 6.42 Å². The summed E-state index contributed by atoms with van der Waals surface area (Å²) in [5, 5.41) is 10.1. The SMILES string of the molecule is Cc1ccc(C)c(CC(O)Cc2ccccc2F)c1. The van der Waals surface area contributed by atoms with Crippen molar-refractivity contribution in [2.45, 2.75) is 32.8 Å². The van der Waals surface area contributed by atoms with Gasteiger partial charge in [0.1, 0.15) is 5.82 Å². The van der Waals surface area contributed by atoms with Crippen molar-refractivity contribution in [3.63, 3.8) is 0 Å². The Hall–Kier alpha value is -1.67. The number of aliphatic hydroxyl groups excluding tert-OH is 1. The maximum absolute atomic E-state index is 13.5. The molecule has 0 saturated heterocycles. The summed E-state index contributed by atoms with van der Waals surface area (Å²) in [6.07, 6.45) is 0.347. The maximum atomic E-state index is 13.5. The molecule has 0 heterocycles. The first-order chi connectivity index (χ1) is 9.06. The summed E-state index contributed by atoms with van der Waals surface area (Å²) < 4.78 is 13.5. The van der Waals surface area contributed by atoms with Gasteiger partial charge in [0.25, 0.3) is 0 Å². The topological polar surface area (TPSA) is 20.2 Å². The highest BCUT2D eigenvalue weighted by molar-refractivity contribution is 5.31. The molecule has 0 bridgehead atoms. The first kappa shape index (κ1) is 13.8. The van der Waals surface area contributed by atoms with Gasteiger partial charge in [-0.1, -0.05) is 42.0 Å². The van der Waals surface area contributed by atoms with Crippen LogP contribution in [0.5, 0.6) is 0 Å². The van der Waals surface area contributed by atoms with Crippen LogP contribution in [0.1, 0.15) is 22.3 Å². The number of rotatable bonds is 4. The zero-order chi connectivity index (χ0) is 13.8. The van der Waals surface area contributed by atoms with Crippen LogP contribution >= 0.6 is 0 Å². The summed E-state index contributed by atoms with van der Waals surface area (Å²) in [7, 11) is 0. The number of benzene rings is 2. The van der Waals surface area contributed by atoms with E-state index < -0.39 is 6.10 Å². The van der Waals surface area contributed by atoms with Gasteiger partial charge in [-0.05, 0) is 43.0 Å². The first-order valence-electron chi connectivity index (χ1n) is 6.54. The number of hydrogen-bond acceptors (Lipinski definition) is 1. The number of hydrogen-bond donors (Lipinski definition) is 1. The second-order valence-electron chi connectivity index (χ2n) is 5.08. The van der Waals surface area contributed by atoms with E-state index in [1.807, 2.05) is 13.8 Å². The standard InChI is InChI=1S/C17H19FO/c1-12-7-8-13(2)15(9-12)11-16(19)10-14-5-3-4-6-17(14)18/h3-9,16,19H,10-11H2,1-2H3. The van der Waals surface area contributed by atoms with Crippen LogP contribution in [0, 0.1) is 19.7 Å². The zero-order valence-electron chi connectivity index (χ0n) is 11.4. The van der Waals surface area contributed by atoms with E-state index in [0.29, 0.717) is 18.4 Å². The van der Waals surface area contributed by atoms with Gasteiger partial charge in [0.2, 0.25) is 0 Å². The normalized spacial score (nSPS) is 12.4. The largest absolute Gasteiger partial charge is 0.392 e. The second-order valence-corrected chi connectivity index (χ2v) is 5.08. The fourth-order valence-corrected chi connectivity index (χ4v) is 2.26. The lowest BCUT2D eigenvalue weighted by Gasteiger charge is -2.13. The van der Waals surface area contributed by atoms with Crippen LogP contribution in [0.3, 0.4) is 0 Å². The van der Waals surface area contributed by atoms with Crippen molar-refractivity contribution in [1.29, 1.82) is 0 Å². The van der Waals surface area contributed by atoms with E-state index in [9.17, 15) is 9.50 Å². The lowest BCUT2D eigenvalue weighted by atomic mass is 9.97. The van der Waals surface area contributed by atoms with Crippen molar-refractivity contribution in [3.05, 3.63) is 70.5 Å². The third-order valence-electron chi connectivity index (χ3n) is 3.37. The smallest absolute Gasteiger partial charge is 0.126 e. The highest BCUT2D eigenvalue weighted by atomic mass is 19.1. The van der Waals surface area contributed by atoms with E-state index in [-0.39, 0.29) is 5.82 Å². The average molecular weight is 258 g/mol. The molecule has 0 aliphatic carbocycles. The molecule has 0 amide bonds. The Morgan fingerprint density at radius 2 is 1.68 bits per heavy atom. The molecule has 19 heavy (non-hydrogen) atoms. The van der Waals surface area contributed by atoms with Gasteiger partial charge in [-0.15, -0.1) is 0 Å². The van der Waals surface area contributed by atoms with Crippen LogP contribution in [0.2, 0.25) is 0 Å². The summed E-state index contributed by atoms with van der Waals surface area (Å²) in [5.74, 6) is -0.248. The fourth-order valence-electron chi connectivity index (χ4n) is 2.26. The average Bonchev–Trinajstić information content (AvgIpc) is 2.37. The number of aryl methyl sites for hydroxylation is 2. The van der Waals surface area contributed by atoms with Gasteiger partial charge < -0.3 is 5.11 Å². The van der Waals surface area contributed by atoms with Crippen LogP contribution in [-0.4, -0.2) is 11.2 Å². The molecule has 1 N–H and O–H groups in total. The lowest BCUT2D eigenvalue weighted by Crippen LogP contribution is -2.15. The summed E-state index contributed by atoms with van der Waals surface area (Å²) in [6, 6.07) is 12.8. The molecule has 2 aromatic carbocycles. The minimum Gasteiger partial charge on any atom is -0.392 e. The molecule has 1 nitrogen and oxygen atoms in total. The van der Waals surface area contributed by atoms with Gasteiger partial charge in [-0.3, -0.25) is 0 Å². The minimum atomic E-state index is -0.558. The Kier molecular flexibility index (Phi) is 4.33. The summed E-state index contributed by atoms with van der Waals surface area (Å²) >= 11 is 0. The van der Waals surface area contributed by atoms with E-state index in [1.165, 1.54) is 11.6 Å². The van der Waals surface area contributed by atoms with Crippen molar-refractivity contribution >= 4 is 0 Å². The molecule has 2 heteroatoms. The summed E-state index contributed by atoms with van der Waals surface area (Å²) in [4.78, 5) is 0. The molecule has 0 spiro atoms. The Labute approximate surface area is 113 Å². The molecule has 1 unspecified atom stereocenters. The third kappa shape index (κ3) is 3.65. The van der Waals surface area contributed by atoms with Gasteiger partial charge >= 0.3 is 0 Å². The van der Waals surface area contributed by atoms with Crippen LogP contribution in [-0.2, 0) is 12.8 Å². The van der Waals surface area contributed by atoms with E-state index in [0.717, 1.165) is 11.1 Å². The van der Waals surface area contributed by atoms with Gasteiger partial charge in [-0.25, -0.2) is 4.39 Å². The van der Waals surface area contributed by atoms with Crippen LogP contribution in [0.25, 0.3) is 0 Å². The van der Waals surface area contributed by atoms with E-state index >= 15 is 0 Å². The third-order valence-corrected chi connectivity index (χ3v) is 3.37. The highest BCUT2D eigenvalue weighted by Gasteiger charge is 2.11. The van der Waals surface area contributed by atoms with E-state index in [4.69, 9.17) is 0 Å². The van der Waals surface area contributed by atoms with Crippen LogP contribution in [0.4, 0.5) is 4.39 Å². The predicted octanol–water partition coefficient (Wildman–Crippen LogP) is 3.59. The molecular formula is C17H19FO. The predicted molar refractivity (Wildman–Crippen MR) is 75.7 cm³/mol. The number of halogens is 1. The molecule has 1 atom stereocenters. The Balaban J connectivity index is 2.07. The van der Waals surface area contributed by atoms with Crippen molar-refractivity contribution in [3.8, 4) is 0 Å². The van der Waals surface area contributed by atoms with Gasteiger partial charge in [0.05, 0.1) is 6.10 Å². The summed E-state index contributed by atoms with van der Waals surface area (Å²) in [6.45, 7) is 4.07. The molecule has 0 saturated carbocycles. The Morgan fingerprint density at radius 3 is 2.42 bits per heavy atom. The molecular weight excluding hydrogens is 239 g/mol. The molecule has 0 radical (unpaired) electrons. The molecule has 100 valence electrons.